The molecule has 0 aromatic carbocycles. The SMILES string of the molecule is CC1(C)CN(CC2(C)CCCO2)CCCN1. The normalized spacial score (nSPS) is 36.2. The van der Waals surface area contributed by atoms with Gasteiger partial charge in [-0.2, -0.15) is 0 Å². The predicted octanol–water partition coefficient (Wildman–Crippen LogP) is 1.63. The van der Waals surface area contributed by atoms with Crippen LogP contribution in [-0.2, 0) is 4.74 Å². The van der Waals surface area contributed by atoms with Crippen LogP contribution >= 0.6 is 0 Å². The van der Waals surface area contributed by atoms with Crippen LogP contribution in [0.1, 0.15) is 40.0 Å². The third-order valence-corrected chi connectivity index (χ3v) is 3.73. The molecule has 0 aromatic rings. The molecule has 0 aliphatic carbocycles. The van der Waals surface area contributed by atoms with Crippen molar-refractivity contribution < 1.29 is 4.74 Å². The van der Waals surface area contributed by atoms with E-state index >= 15 is 0 Å². The number of hydrogen-bond acceptors (Lipinski definition) is 3. The smallest absolute Gasteiger partial charge is 0.0781 e. The van der Waals surface area contributed by atoms with Gasteiger partial charge in [-0.05, 0) is 53.1 Å². The number of ether oxygens (including phenoxy) is 1. The van der Waals surface area contributed by atoms with E-state index in [-0.39, 0.29) is 11.1 Å². The molecule has 2 aliphatic heterocycles. The van der Waals surface area contributed by atoms with Gasteiger partial charge in [-0.1, -0.05) is 0 Å². The van der Waals surface area contributed by atoms with Crippen LogP contribution in [-0.4, -0.2) is 48.8 Å². The van der Waals surface area contributed by atoms with Gasteiger partial charge in [-0.15, -0.1) is 0 Å². The van der Waals surface area contributed by atoms with Crippen LogP contribution in [0.15, 0.2) is 0 Å². The van der Waals surface area contributed by atoms with Crippen LogP contribution in [0, 0.1) is 0 Å². The zero-order chi connectivity index (χ0) is 11.6. The lowest BCUT2D eigenvalue weighted by atomic mass is 10.00. The second kappa shape index (κ2) is 4.63. The Kier molecular flexibility index (Phi) is 3.57. The molecule has 2 saturated heterocycles. The lowest BCUT2D eigenvalue weighted by molar-refractivity contribution is -0.0111. The van der Waals surface area contributed by atoms with Gasteiger partial charge >= 0.3 is 0 Å². The Morgan fingerprint density at radius 3 is 2.75 bits per heavy atom. The summed E-state index contributed by atoms with van der Waals surface area (Å²) in [4.78, 5) is 2.57. The lowest BCUT2D eigenvalue weighted by Crippen LogP contribution is -2.49. The Bertz CT molecular complexity index is 234. The minimum atomic E-state index is 0.112. The van der Waals surface area contributed by atoms with Crippen molar-refractivity contribution in [1.29, 1.82) is 0 Å². The van der Waals surface area contributed by atoms with Gasteiger partial charge in [-0.3, -0.25) is 4.90 Å². The summed E-state index contributed by atoms with van der Waals surface area (Å²) in [6.07, 6.45) is 3.70. The topological polar surface area (TPSA) is 24.5 Å². The largest absolute Gasteiger partial charge is 0.374 e. The van der Waals surface area contributed by atoms with E-state index in [1.54, 1.807) is 0 Å². The van der Waals surface area contributed by atoms with Crippen LogP contribution in [0.5, 0.6) is 0 Å². The van der Waals surface area contributed by atoms with Crippen molar-refractivity contribution in [2.24, 2.45) is 0 Å². The summed E-state index contributed by atoms with van der Waals surface area (Å²) in [5.41, 5.74) is 0.353. The van der Waals surface area contributed by atoms with Gasteiger partial charge < -0.3 is 10.1 Å². The number of nitrogens with zero attached hydrogens (tertiary/aromatic N) is 1. The minimum absolute atomic E-state index is 0.112. The molecule has 0 radical (unpaired) electrons. The standard InChI is InChI=1S/C13H26N2O/c1-12(2)10-15(8-5-7-14-12)11-13(3)6-4-9-16-13/h14H,4-11H2,1-3H3. The van der Waals surface area contributed by atoms with E-state index in [4.69, 9.17) is 4.74 Å². The number of rotatable bonds is 2. The van der Waals surface area contributed by atoms with Crippen molar-refractivity contribution in [2.45, 2.75) is 51.2 Å². The van der Waals surface area contributed by atoms with Crippen LogP contribution < -0.4 is 5.32 Å². The molecule has 16 heavy (non-hydrogen) atoms. The van der Waals surface area contributed by atoms with Crippen LogP contribution in [0.25, 0.3) is 0 Å². The lowest BCUT2D eigenvalue weighted by Gasteiger charge is -2.35. The van der Waals surface area contributed by atoms with Gasteiger partial charge in [0.2, 0.25) is 0 Å². The molecule has 2 aliphatic rings. The molecular formula is C13H26N2O. The molecular weight excluding hydrogens is 200 g/mol. The summed E-state index contributed by atoms with van der Waals surface area (Å²) in [6.45, 7) is 12.4. The van der Waals surface area contributed by atoms with Crippen molar-refractivity contribution >= 4 is 0 Å². The molecule has 2 fully saturated rings. The fraction of sp³-hybridized carbons (Fsp3) is 1.00. The summed E-state index contributed by atoms with van der Waals surface area (Å²) in [7, 11) is 0. The second-order valence-electron chi connectivity index (χ2n) is 6.28. The first-order valence-electron chi connectivity index (χ1n) is 6.61. The van der Waals surface area contributed by atoms with Crippen molar-refractivity contribution in [3.05, 3.63) is 0 Å². The average molecular weight is 226 g/mol. The Morgan fingerprint density at radius 1 is 1.25 bits per heavy atom. The molecule has 3 nitrogen and oxygen atoms in total. The third-order valence-electron chi connectivity index (χ3n) is 3.73. The maximum absolute atomic E-state index is 5.89. The average Bonchev–Trinajstić information content (AvgIpc) is 2.51. The molecule has 1 N–H and O–H groups in total. The van der Waals surface area contributed by atoms with Crippen molar-refractivity contribution in [3.63, 3.8) is 0 Å². The first kappa shape index (κ1) is 12.3. The molecule has 1 unspecified atom stereocenters. The van der Waals surface area contributed by atoms with Gasteiger partial charge in [0, 0.05) is 25.2 Å². The molecule has 0 spiro atoms. The van der Waals surface area contributed by atoms with Crippen molar-refractivity contribution in [1.82, 2.24) is 10.2 Å². The highest BCUT2D eigenvalue weighted by Crippen LogP contribution is 2.27. The Hall–Kier alpha value is -0.120. The monoisotopic (exact) mass is 226 g/mol. The summed E-state index contributed by atoms with van der Waals surface area (Å²) in [5, 5.41) is 3.61. The van der Waals surface area contributed by atoms with E-state index in [1.807, 2.05) is 0 Å². The minimum Gasteiger partial charge on any atom is -0.374 e. The van der Waals surface area contributed by atoms with Gasteiger partial charge in [-0.25, -0.2) is 0 Å². The maximum atomic E-state index is 5.89. The summed E-state index contributed by atoms with van der Waals surface area (Å²) in [6, 6.07) is 0. The molecule has 0 amide bonds. The van der Waals surface area contributed by atoms with E-state index < -0.39 is 0 Å². The third kappa shape index (κ3) is 3.19. The highest BCUT2D eigenvalue weighted by molar-refractivity contribution is 4.90. The molecule has 94 valence electrons. The summed E-state index contributed by atoms with van der Waals surface area (Å²) in [5.74, 6) is 0. The van der Waals surface area contributed by atoms with E-state index in [0.717, 1.165) is 26.2 Å². The first-order chi connectivity index (χ1) is 7.49. The summed E-state index contributed by atoms with van der Waals surface area (Å²) >= 11 is 0. The van der Waals surface area contributed by atoms with Crippen molar-refractivity contribution in [2.75, 3.05) is 32.8 Å². The predicted molar refractivity (Wildman–Crippen MR) is 66.7 cm³/mol. The summed E-state index contributed by atoms with van der Waals surface area (Å²) < 4.78 is 5.89. The Balaban J connectivity index is 1.92. The molecule has 1 atom stereocenters. The fourth-order valence-corrected chi connectivity index (χ4v) is 2.99. The van der Waals surface area contributed by atoms with Gasteiger partial charge in [0.25, 0.3) is 0 Å². The van der Waals surface area contributed by atoms with E-state index in [2.05, 4.69) is 31.0 Å². The van der Waals surface area contributed by atoms with E-state index in [9.17, 15) is 0 Å². The quantitative estimate of drug-likeness (QED) is 0.774. The van der Waals surface area contributed by atoms with E-state index in [0.29, 0.717) is 0 Å². The van der Waals surface area contributed by atoms with E-state index in [1.165, 1.54) is 25.8 Å². The molecule has 0 aromatic heterocycles. The molecule has 2 rings (SSSR count). The second-order valence-corrected chi connectivity index (χ2v) is 6.28. The first-order valence-corrected chi connectivity index (χ1v) is 6.61. The van der Waals surface area contributed by atoms with Crippen LogP contribution in [0.2, 0.25) is 0 Å². The zero-order valence-electron chi connectivity index (χ0n) is 11.0. The molecule has 0 bridgehead atoms. The molecule has 2 heterocycles. The van der Waals surface area contributed by atoms with Gasteiger partial charge in [0.05, 0.1) is 5.60 Å². The van der Waals surface area contributed by atoms with Crippen LogP contribution in [0.4, 0.5) is 0 Å². The van der Waals surface area contributed by atoms with Crippen LogP contribution in [0.3, 0.4) is 0 Å². The van der Waals surface area contributed by atoms with Gasteiger partial charge in [0.1, 0.15) is 0 Å². The Labute approximate surface area is 99.5 Å². The Morgan fingerprint density at radius 2 is 2.06 bits per heavy atom. The number of nitrogens with one attached hydrogen (secondary N) is 1. The fourth-order valence-electron chi connectivity index (χ4n) is 2.99. The highest BCUT2D eigenvalue weighted by Gasteiger charge is 2.34. The number of hydrogen-bond donors (Lipinski definition) is 1. The maximum Gasteiger partial charge on any atom is 0.0781 e. The highest BCUT2D eigenvalue weighted by atomic mass is 16.5. The molecule has 3 heteroatoms. The van der Waals surface area contributed by atoms with Gasteiger partial charge in [0.15, 0.2) is 0 Å². The zero-order valence-corrected chi connectivity index (χ0v) is 11.0. The molecule has 0 saturated carbocycles. The van der Waals surface area contributed by atoms with Crippen molar-refractivity contribution in [3.8, 4) is 0 Å².